The molecule has 0 aliphatic carbocycles. The number of Topliss-reactive ketones (excluding diaryl/α,β-unsaturated/α-hetero) is 1. The lowest BCUT2D eigenvalue weighted by molar-refractivity contribution is 0.0961. The number of carbonyl (C=O) groups is 2. The number of benzene rings is 2. The maximum Gasteiger partial charge on any atom is 0.261 e. The molecule has 0 aliphatic heterocycles. The van der Waals surface area contributed by atoms with Gasteiger partial charge in [-0.15, -0.1) is 0 Å². The number of hydrogen-bond donors (Lipinski definition) is 1. The van der Waals surface area contributed by atoms with Crippen LogP contribution in [0.1, 0.15) is 85.4 Å². The van der Waals surface area contributed by atoms with E-state index in [2.05, 4.69) is 14.7 Å². The van der Waals surface area contributed by atoms with Gasteiger partial charge in [-0.3, -0.25) is 19.5 Å². The quantitative estimate of drug-likeness (QED) is 0.123. The molecule has 0 fully saturated rings. The number of anilines is 1. The Morgan fingerprint density at radius 1 is 0.961 bits per heavy atom. The second-order valence-corrected chi connectivity index (χ2v) is 14.9. The number of hydrogen-bond acceptors (Lipinski definition) is 7. The molecule has 0 unspecified atom stereocenters. The molecule has 5 rings (SSSR count). The summed E-state index contributed by atoms with van der Waals surface area (Å²) in [7, 11) is -3.90. The van der Waals surface area contributed by atoms with E-state index in [-0.39, 0.29) is 36.1 Å². The van der Waals surface area contributed by atoms with Crippen LogP contribution < -0.4 is 9.62 Å². The summed E-state index contributed by atoms with van der Waals surface area (Å²) in [4.78, 5) is 42.4. The van der Waals surface area contributed by atoms with Crippen molar-refractivity contribution in [3.63, 3.8) is 0 Å². The molecule has 0 bridgehead atoms. The lowest BCUT2D eigenvalue weighted by Gasteiger charge is -2.22. The number of carbonyl (C=O) groups excluding carboxylic acids is 2. The molecule has 0 atom stereocenters. The molecule has 0 saturated heterocycles. The van der Waals surface area contributed by atoms with E-state index in [4.69, 9.17) is 4.98 Å². The number of imidazole rings is 1. The van der Waals surface area contributed by atoms with E-state index in [1.54, 1.807) is 98.4 Å². The average molecular weight is 711 g/mol. The first kappa shape index (κ1) is 37.2. The molecule has 0 aliphatic rings. The Morgan fingerprint density at radius 2 is 1.73 bits per heavy atom. The number of nitrogens with zero attached hydrogens (tertiary/aromatic N) is 5. The first-order valence-electron chi connectivity index (χ1n) is 17.0. The minimum Gasteiger partial charge on any atom is -0.321 e. The van der Waals surface area contributed by atoms with Gasteiger partial charge in [-0.2, -0.15) is 0 Å². The predicted molar refractivity (Wildman–Crippen MR) is 196 cm³/mol. The molecular weight excluding hydrogens is 668 g/mol. The number of nitrogens with one attached hydrogen (secondary N) is 1. The van der Waals surface area contributed by atoms with E-state index in [1.165, 1.54) is 23.2 Å². The predicted octanol–water partition coefficient (Wildman–Crippen LogP) is 7.04. The number of halogens is 1. The number of pyridine rings is 2. The zero-order valence-electron chi connectivity index (χ0n) is 29.6. The average Bonchev–Trinajstić information content (AvgIpc) is 3.45. The fraction of sp³-hybridized carbons (Fsp3) is 0.308. The van der Waals surface area contributed by atoms with Crippen LogP contribution in [0.5, 0.6) is 0 Å². The molecule has 0 saturated carbocycles. The molecule has 0 spiro atoms. The lowest BCUT2D eigenvalue weighted by Crippen LogP contribution is -2.40. The fourth-order valence-electron chi connectivity index (χ4n) is 5.92. The van der Waals surface area contributed by atoms with Crippen molar-refractivity contribution in [2.45, 2.75) is 77.3 Å². The topological polar surface area (TPSA) is 127 Å². The third-order valence-electron chi connectivity index (χ3n) is 8.14. The summed E-state index contributed by atoms with van der Waals surface area (Å²) in [5.74, 6) is -0.0422. The molecule has 3 heterocycles. The van der Waals surface area contributed by atoms with Gasteiger partial charge in [-0.05, 0) is 75.6 Å². The van der Waals surface area contributed by atoms with Crippen molar-refractivity contribution in [3.8, 4) is 11.1 Å². The van der Waals surface area contributed by atoms with Crippen LogP contribution in [0, 0.1) is 5.82 Å². The molecule has 1 N–H and O–H groups in total. The van der Waals surface area contributed by atoms with Gasteiger partial charge >= 0.3 is 0 Å². The van der Waals surface area contributed by atoms with E-state index in [9.17, 15) is 18.0 Å². The summed E-state index contributed by atoms with van der Waals surface area (Å²) in [6.07, 6.45) is 6.43. The number of aromatic nitrogens is 4. The Morgan fingerprint density at radius 3 is 2.37 bits per heavy atom. The highest BCUT2D eigenvalue weighted by atomic mass is 32.2. The summed E-state index contributed by atoms with van der Waals surface area (Å²) in [5.41, 5.74) is 1.74. The molecule has 51 heavy (non-hydrogen) atoms. The molecule has 10 nitrogen and oxygen atoms in total. The van der Waals surface area contributed by atoms with Gasteiger partial charge in [0, 0.05) is 54.6 Å². The summed E-state index contributed by atoms with van der Waals surface area (Å²) >= 11 is 0. The number of aryl methyl sites for hydroxylation is 2. The number of amides is 1. The summed E-state index contributed by atoms with van der Waals surface area (Å²) in [6, 6.07) is 19.7. The van der Waals surface area contributed by atoms with Crippen molar-refractivity contribution >= 4 is 27.5 Å². The van der Waals surface area contributed by atoms with Gasteiger partial charge in [0.2, 0.25) is 10.0 Å². The van der Waals surface area contributed by atoms with Crippen molar-refractivity contribution in [3.05, 3.63) is 126 Å². The normalized spacial score (nSPS) is 11.8. The molecule has 266 valence electrons. The van der Waals surface area contributed by atoms with Crippen LogP contribution in [-0.4, -0.2) is 51.7 Å². The van der Waals surface area contributed by atoms with E-state index >= 15 is 4.39 Å². The van der Waals surface area contributed by atoms with E-state index in [0.29, 0.717) is 58.1 Å². The molecular formula is C39H43FN6O4S. The van der Waals surface area contributed by atoms with Gasteiger partial charge in [-0.25, -0.2) is 27.5 Å². The monoisotopic (exact) mass is 710 g/mol. The zero-order chi connectivity index (χ0) is 36.8. The molecule has 1 amide bonds. The van der Waals surface area contributed by atoms with Crippen LogP contribution in [0.3, 0.4) is 0 Å². The van der Waals surface area contributed by atoms with Gasteiger partial charge < -0.3 is 4.57 Å². The van der Waals surface area contributed by atoms with Crippen molar-refractivity contribution in [2.24, 2.45) is 0 Å². The fourth-order valence-corrected chi connectivity index (χ4v) is 7.57. The van der Waals surface area contributed by atoms with Crippen LogP contribution in [0.4, 0.5) is 10.2 Å². The standard InChI is InChI=1S/C39H43FN6O4S/c1-6-13-36-43-32(7-2)37(33(47)20-23-45(35-17-10-11-22-42-35)38(48)28-14-12-21-41-25-28)46(36)26-29-19-18-27(24-31(29)40)30-15-8-9-16-34(30)51(49,50)44-39(3,4)5/h8-12,14-19,21-22,24-25,44H,6-7,13,20,23,26H2,1-5H3. The third kappa shape index (κ3) is 8.81. The minimum atomic E-state index is -3.90. The van der Waals surface area contributed by atoms with Crippen LogP contribution in [0.25, 0.3) is 11.1 Å². The zero-order valence-corrected chi connectivity index (χ0v) is 30.4. The van der Waals surface area contributed by atoms with Gasteiger partial charge in [0.25, 0.3) is 5.91 Å². The van der Waals surface area contributed by atoms with Crippen molar-refractivity contribution < 1.29 is 22.4 Å². The Labute approximate surface area is 298 Å². The number of sulfonamides is 1. The van der Waals surface area contributed by atoms with Crippen molar-refractivity contribution in [1.82, 2.24) is 24.2 Å². The second kappa shape index (κ2) is 15.9. The smallest absolute Gasteiger partial charge is 0.261 e. The molecule has 3 aromatic heterocycles. The summed E-state index contributed by atoms with van der Waals surface area (Å²) < 4.78 is 47.0. The Hall–Kier alpha value is -5.07. The van der Waals surface area contributed by atoms with Gasteiger partial charge in [0.05, 0.1) is 22.7 Å². The van der Waals surface area contributed by atoms with Gasteiger partial charge in [0.15, 0.2) is 5.78 Å². The second-order valence-electron chi connectivity index (χ2n) is 13.2. The highest BCUT2D eigenvalue weighted by Crippen LogP contribution is 2.30. The maximum absolute atomic E-state index is 16.0. The molecule has 0 radical (unpaired) electrons. The first-order chi connectivity index (χ1) is 24.3. The van der Waals surface area contributed by atoms with Crippen molar-refractivity contribution in [1.29, 1.82) is 0 Å². The molecule has 12 heteroatoms. The van der Waals surface area contributed by atoms with Gasteiger partial charge in [-0.1, -0.05) is 50.2 Å². The highest BCUT2D eigenvalue weighted by molar-refractivity contribution is 7.89. The van der Waals surface area contributed by atoms with E-state index in [0.717, 1.165) is 6.42 Å². The highest BCUT2D eigenvalue weighted by Gasteiger charge is 2.27. The summed E-state index contributed by atoms with van der Waals surface area (Å²) in [6.45, 7) is 9.29. The van der Waals surface area contributed by atoms with Gasteiger partial charge in [0.1, 0.15) is 23.2 Å². The first-order valence-corrected chi connectivity index (χ1v) is 18.5. The summed E-state index contributed by atoms with van der Waals surface area (Å²) in [5, 5.41) is 0. The third-order valence-corrected chi connectivity index (χ3v) is 9.96. The van der Waals surface area contributed by atoms with Crippen LogP contribution in [-0.2, 0) is 29.4 Å². The lowest BCUT2D eigenvalue weighted by atomic mass is 10.0. The van der Waals surface area contributed by atoms with E-state index in [1.807, 2.05) is 13.8 Å². The number of ketones is 1. The Balaban J connectivity index is 1.46. The minimum absolute atomic E-state index is 0.0257. The van der Waals surface area contributed by atoms with Crippen LogP contribution in [0.15, 0.2) is 96.3 Å². The molecule has 5 aromatic rings. The van der Waals surface area contributed by atoms with Crippen LogP contribution >= 0.6 is 0 Å². The SMILES string of the molecule is CCCc1nc(CC)c(C(=O)CCN(C(=O)c2cccnc2)c2ccccn2)n1Cc1ccc(-c2ccccc2S(=O)(=O)NC(C)(C)C)cc1F. The number of rotatable bonds is 14. The Bertz CT molecular complexity index is 2110. The largest absolute Gasteiger partial charge is 0.321 e. The Kier molecular flexibility index (Phi) is 11.6. The van der Waals surface area contributed by atoms with Crippen LogP contribution in [0.2, 0.25) is 0 Å². The molecule has 2 aromatic carbocycles. The van der Waals surface area contributed by atoms with Crippen molar-refractivity contribution in [2.75, 3.05) is 11.4 Å². The maximum atomic E-state index is 16.0. The van der Waals surface area contributed by atoms with E-state index < -0.39 is 21.4 Å².